The molecule has 3 heterocycles. The van der Waals surface area contributed by atoms with Crippen LogP contribution in [0.25, 0.3) is 5.69 Å². The van der Waals surface area contributed by atoms with Crippen molar-refractivity contribution < 1.29 is 19.1 Å². The molecule has 0 saturated heterocycles. The molecule has 5 rings (SSSR count). The molecule has 2 aliphatic rings. The Morgan fingerprint density at radius 3 is 2.52 bits per heavy atom. The van der Waals surface area contributed by atoms with Gasteiger partial charge in [0.1, 0.15) is 13.2 Å². The lowest BCUT2D eigenvalue weighted by Gasteiger charge is -2.21. The van der Waals surface area contributed by atoms with E-state index in [1.54, 1.807) is 6.07 Å². The van der Waals surface area contributed by atoms with E-state index in [4.69, 9.17) is 9.47 Å². The lowest BCUT2D eigenvalue weighted by atomic mass is 9.90. The van der Waals surface area contributed by atoms with Crippen LogP contribution in [0.15, 0.2) is 54.7 Å². The van der Waals surface area contributed by atoms with Crippen molar-refractivity contribution in [1.82, 2.24) is 4.57 Å². The van der Waals surface area contributed by atoms with Crippen molar-refractivity contribution in [3.05, 3.63) is 71.5 Å². The highest BCUT2D eigenvalue weighted by Gasteiger charge is 2.30. The zero-order chi connectivity index (χ0) is 20.0. The summed E-state index contributed by atoms with van der Waals surface area (Å²) >= 11 is 0. The number of aromatic nitrogens is 1. The number of hydrogen-bond acceptors (Lipinski definition) is 4. The average molecular weight is 388 g/mol. The molecule has 1 atom stereocenters. The molecule has 1 amide bonds. The van der Waals surface area contributed by atoms with Crippen LogP contribution in [0.2, 0.25) is 0 Å². The Hall–Kier alpha value is -3.54. The van der Waals surface area contributed by atoms with Gasteiger partial charge >= 0.3 is 0 Å². The van der Waals surface area contributed by atoms with Gasteiger partial charge in [-0.25, -0.2) is 0 Å². The summed E-state index contributed by atoms with van der Waals surface area (Å²) in [5.41, 5.74) is 4.26. The molecule has 0 bridgehead atoms. The molecule has 2 aromatic carbocycles. The minimum atomic E-state index is -0.111. The highest BCUT2D eigenvalue weighted by atomic mass is 16.6. The molecular weight excluding hydrogens is 368 g/mol. The fourth-order valence-corrected chi connectivity index (χ4v) is 4.09. The number of amides is 1. The van der Waals surface area contributed by atoms with Crippen LogP contribution in [0.4, 0.5) is 5.69 Å². The van der Waals surface area contributed by atoms with Crippen LogP contribution in [0.5, 0.6) is 11.5 Å². The molecule has 0 fully saturated rings. The molecule has 1 aromatic heterocycles. The molecule has 0 radical (unpaired) electrons. The molecule has 146 valence electrons. The number of nitrogens with zero attached hydrogens (tertiary/aromatic N) is 1. The second kappa shape index (κ2) is 6.81. The Balaban J connectivity index is 1.58. The van der Waals surface area contributed by atoms with Gasteiger partial charge in [-0.15, -0.1) is 0 Å². The van der Waals surface area contributed by atoms with E-state index in [1.165, 1.54) is 6.92 Å². The highest BCUT2D eigenvalue weighted by molar-refractivity contribution is 6.01. The monoisotopic (exact) mass is 388 g/mol. The molecule has 3 aromatic rings. The minimum Gasteiger partial charge on any atom is -0.486 e. The van der Waals surface area contributed by atoms with Crippen molar-refractivity contribution in [2.45, 2.75) is 19.3 Å². The smallest absolute Gasteiger partial charge is 0.221 e. The average Bonchev–Trinajstić information content (AvgIpc) is 3.17. The molecule has 6 heteroatoms. The normalized spacial score (nSPS) is 17.1. The van der Waals surface area contributed by atoms with Gasteiger partial charge in [-0.05, 0) is 35.9 Å². The summed E-state index contributed by atoms with van der Waals surface area (Å²) in [5.74, 6) is 1.16. The lowest BCUT2D eigenvalue weighted by molar-refractivity contribution is -0.114. The third-order valence-corrected chi connectivity index (χ3v) is 5.38. The standard InChI is InChI=1S/C23H20N2O4/c1-14(26)24-16-6-4-15(5-7-16)17-11-21(27)18-12-22-23(29-10-9-28-22)13-20(18)25-8-2-3-19(17)25/h2-8,12-13,17H,9-11H2,1H3,(H,24,26)/t17-/m1/s1. The van der Waals surface area contributed by atoms with Crippen LogP contribution < -0.4 is 14.8 Å². The zero-order valence-corrected chi connectivity index (χ0v) is 16.0. The predicted octanol–water partition coefficient (Wildman–Crippen LogP) is 3.93. The summed E-state index contributed by atoms with van der Waals surface area (Å²) in [7, 11) is 0. The maximum Gasteiger partial charge on any atom is 0.221 e. The van der Waals surface area contributed by atoms with Crippen LogP contribution in [0.1, 0.15) is 40.9 Å². The number of anilines is 1. The number of benzene rings is 2. The van der Waals surface area contributed by atoms with E-state index < -0.39 is 0 Å². The van der Waals surface area contributed by atoms with Crippen molar-refractivity contribution in [3.63, 3.8) is 0 Å². The van der Waals surface area contributed by atoms with Gasteiger partial charge in [-0.1, -0.05) is 12.1 Å². The number of nitrogens with one attached hydrogen (secondary N) is 1. The van der Waals surface area contributed by atoms with Crippen molar-refractivity contribution in [1.29, 1.82) is 0 Å². The maximum atomic E-state index is 13.2. The Morgan fingerprint density at radius 1 is 1.07 bits per heavy atom. The van der Waals surface area contributed by atoms with E-state index in [2.05, 4.69) is 9.88 Å². The summed E-state index contributed by atoms with van der Waals surface area (Å²) in [4.78, 5) is 24.5. The lowest BCUT2D eigenvalue weighted by Crippen LogP contribution is -2.16. The number of hydrogen-bond donors (Lipinski definition) is 1. The molecule has 0 aliphatic carbocycles. The zero-order valence-electron chi connectivity index (χ0n) is 16.0. The summed E-state index contributed by atoms with van der Waals surface area (Å²) in [6, 6.07) is 15.4. The van der Waals surface area contributed by atoms with E-state index in [0.717, 1.165) is 22.6 Å². The second-order valence-corrected chi connectivity index (χ2v) is 7.30. The Labute approximate surface area is 168 Å². The first kappa shape index (κ1) is 17.6. The summed E-state index contributed by atoms with van der Waals surface area (Å²) in [6.07, 6.45) is 2.33. The summed E-state index contributed by atoms with van der Waals surface area (Å²) in [5, 5.41) is 2.78. The first-order chi connectivity index (χ1) is 14.1. The van der Waals surface area contributed by atoms with Gasteiger partial charge in [0.25, 0.3) is 0 Å². The second-order valence-electron chi connectivity index (χ2n) is 7.30. The minimum absolute atomic E-state index is 0.0663. The van der Waals surface area contributed by atoms with Crippen molar-refractivity contribution in [2.75, 3.05) is 18.5 Å². The molecule has 1 N–H and O–H groups in total. The number of ether oxygens (including phenoxy) is 2. The predicted molar refractivity (Wildman–Crippen MR) is 108 cm³/mol. The first-order valence-electron chi connectivity index (χ1n) is 9.62. The van der Waals surface area contributed by atoms with Crippen molar-refractivity contribution in [3.8, 4) is 17.2 Å². The number of carbonyl (C=O) groups is 2. The fraction of sp³-hybridized carbons (Fsp3) is 0.217. The van der Waals surface area contributed by atoms with Crippen LogP contribution in [0.3, 0.4) is 0 Å². The van der Waals surface area contributed by atoms with Crippen molar-refractivity contribution in [2.24, 2.45) is 0 Å². The Bertz CT molecular complexity index is 1110. The Morgan fingerprint density at radius 2 is 1.79 bits per heavy atom. The van der Waals surface area contributed by atoms with E-state index in [1.807, 2.05) is 48.7 Å². The third kappa shape index (κ3) is 3.06. The quantitative estimate of drug-likeness (QED) is 0.722. The van der Waals surface area contributed by atoms with Gasteiger partial charge in [0.05, 0.1) is 5.69 Å². The highest BCUT2D eigenvalue weighted by Crippen LogP contribution is 2.41. The fourth-order valence-electron chi connectivity index (χ4n) is 4.09. The molecule has 0 spiro atoms. The Kier molecular flexibility index (Phi) is 4.12. The van der Waals surface area contributed by atoms with Gasteiger partial charge in [0.2, 0.25) is 5.91 Å². The summed E-state index contributed by atoms with van der Waals surface area (Å²) < 4.78 is 13.5. The van der Waals surface area contributed by atoms with Gasteiger partial charge < -0.3 is 19.4 Å². The number of ketones is 1. The molecule has 0 saturated carbocycles. The van der Waals surface area contributed by atoms with E-state index >= 15 is 0 Å². The SMILES string of the molecule is CC(=O)Nc1ccc([C@H]2CC(=O)c3cc4c(cc3-n3cccc32)OCCO4)cc1. The number of Topliss-reactive ketones (excluding diaryl/α,β-unsaturated/α-hetero) is 1. The van der Waals surface area contributed by atoms with E-state index in [-0.39, 0.29) is 17.6 Å². The van der Waals surface area contributed by atoms with Gasteiger partial charge in [-0.2, -0.15) is 0 Å². The third-order valence-electron chi connectivity index (χ3n) is 5.38. The van der Waals surface area contributed by atoms with Gasteiger partial charge in [-0.3, -0.25) is 9.59 Å². The van der Waals surface area contributed by atoms with Crippen LogP contribution in [0, 0.1) is 0 Å². The largest absolute Gasteiger partial charge is 0.486 e. The summed E-state index contributed by atoms with van der Waals surface area (Å²) in [6.45, 7) is 2.47. The van der Waals surface area contributed by atoms with Crippen LogP contribution >= 0.6 is 0 Å². The maximum absolute atomic E-state index is 13.2. The molecule has 2 aliphatic heterocycles. The molecule has 6 nitrogen and oxygen atoms in total. The molecule has 0 unspecified atom stereocenters. The first-order valence-corrected chi connectivity index (χ1v) is 9.62. The van der Waals surface area contributed by atoms with Crippen LogP contribution in [-0.4, -0.2) is 29.5 Å². The van der Waals surface area contributed by atoms with E-state index in [9.17, 15) is 9.59 Å². The topological polar surface area (TPSA) is 69.6 Å². The number of rotatable bonds is 2. The van der Waals surface area contributed by atoms with Gasteiger partial charge in [0.15, 0.2) is 17.3 Å². The number of carbonyl (C=O) groups excluding carboxylic acids is 2. The molecule has 29 heavy (non-hydrogen) atoms. The van der Waals surface area contributed by atoms with Gasteiger partial charge in [0, 0.05) is 48.5 Å². The van der Waals surface area contributed by atoms with E-state index in [0.29, 0.717) is 36.7 Å². The van der Waals surface area contributed by atoms with Crippen molar-refractivity contribution >= 4 is 17.4 Å². The molecular formula is C23H20N2O4. The number of fused-ring (bicyclic) bond motifs is 4. The van der Waals surface area contributed by atoms with Crippen LogP contribution in [-0.2, 0) is 4.79 Å².